The summed E-state index contributed by atoms with van der Waals surface area (Å²) in [5.74, 6) is -3.75. The van der Waals surface area contributed by atoms with Crippen molar-refractivity contribution in [1.82, 2.24) is 0 Å². The number of amides is 2. The Balaban J connectivity index is 1.77. The third kappa shape index (κ3) is 1.77. The summed E-state index contributed by atoms with van der Waals surface area (Å²) >= 11 is 5.84. The number of hydrogen-bond acceptors (Lipinski definition) is 5. The monoisotopic (exact) mass is 349 g/mol. The second kappa shape index (κ2) is 4.89. The van der Waals surface area contributed by atoms with Crippen LogP contribution >= 0.6 is 11.6 Å². The van der Waals surface area contributed by atoms with E-state index in [1.165, 1.54) is 18.2 Å². The number of nitrogens with zero attached hydrogens (tertiary/aromatic N) is 1. The van der Waals surface area contributed by atoms with Crippen LogP contribution in [0.3, 0.4) is 0 Å². The molecule has 0 radical (unpaired) electrons. The average molecular weight is 350 g/mol. The number of carboxylic acids is 1. The van der Waals surface area contributed by atoms with Gasteiger partial charge in [0, 0.05) is 0 Å². The summed E-state index contributed by atoms with van der Waals surface area (Å²) in [6.45, 7) is -0.408. The van der Waals surface area contributed by atoms with Gasteiger partial charge in [-0.05, 0) is 18.2 Å². The van der Waals surface area contributed by atoms with E-state index in [1.807, 2.05) is 0 Å². The maximum Gasteiger partial charge on any atom is 0.337 e. The van der Waals surface area contributed by atoms with Crippen LogP contribution in [0.5, 0.6) is 0 Å². The van der Waals surface area contributed by atoms with Gasteiger partial charge in [-0.15, -0.1) is 0 Å². The van der Waals surface area contributed by atoms with E-state index in [9.17, 15) is 19.5 Å². The Morgan fingerprint density at radius 2 is 2.08 bits per heavy atom. The minimum absolute atomic E-state index is 0.0161. The number of hydrogen-bond donors (Lipinski definition) is 2. The van der Waals surface area contributed by atoms with Crippen molar-refractivity contribution >= 4 is 35.1 Å². The van der Waals surface area contributed by atoms with Crippen molar-refractivity contribution in [3.63, 3.8) is 0 Å². The minimum Gasteiger partial charge on any atom is -0.478 e. The van der Waals surface area contributed by atoms with Crippen molar-refractivity contribution in [3.8, 4) is 0 Å². The second-order valence-electron chi connectivity index (χ2n) is 6.04. The molecule has 0 aromatic heterocycles. The van der Waals surface area contributed by atoms with Crippen molar-refractivity contribution in [2.45, 2.75) is 11.7 Å². The smallest absolute Gasteiger partial charge is 0.337 e. The predicted molar refractivity (Wildman–Crippen MR) is 81.7 cm³/mol. The highest BCUT2D eigenvalue weighted by molar-refractivity contribution is 6.34. The van der Waals surface area contributed by atoms with Crippen LogP contribution in [0.2, 0.25) is 5.02 Å². The molecule has 0 spiro atoms. The SMILES string of the molecule is O=C(O)c1cc(N2C(=O)[C@H]3[C@H]4C=C[C@@](CO)(O4)[C@H]3C2=O)ccc1Cl. The molecule has 3 heterocycles. The Labute approximate surface area is 141 Å². The fourth-order valence-corrected chi connectivity index (χ4v) is 3.95. The summed E-state index contributed by atoms with van der Waals surface area (Å²) in [4.78, 5) is 37.7. The fourth-order valence-electron chi connectivity index (χ4n) is 3.75. The van der Waals surface area contributed by atoms with Crippen molar-refractivity contribution in [1.29, 1.82) is 0 Å². The first-order chi connectivity index (χ1) is 11.4. The molecule has 8 heteroatoms. The molecular formula is C16H12ClNO6. The molecule has 4 rings (SSSR count). The molecule has 3 aliphatic rings. The molecule has 124 valence electrons. The van der Waals surface area contributed by atoms with Crippen LogP contribution in [0.1, 0.15) is 10.4 Å². The largest absolute Gasteiger partial charge is 0.478 e. The van der Waals surface area contributed by atoms with Crippen LogP contribution in [0.15, 0.2) is 30.4 Å². The molecule has 3 aliphatic heterocycles. The van der Waals surface area contributed by atoms with E-state index in [0.29, 0.717) is 0 Å². The molecule has 2 N–H and O–H groups in total. The van der Waals surface area contributed by atoms with Gasteiger partial charge in [-0.1, -0.05) is 23.8 Å². The number of carboxylic acid groups (broad SMARTS) is 1. The molecule has 0 unspecified atom stereocenters. The topological polar surface area (TPSA) is 104 Å². The van der Waals surface area contributed by atoms with Crippen molar-refractivity contribution in [2.24, 2.45) is 11.8 Å². The number of carbonyl (C=O) groups is 3. The minimum atomic E-state index is -1.25. The molecule has 4 atom stereocenters. The van der Waals surface area contributed by atoms with Crippen LogP contribution in [0, 0.1) is 11.8 Å². The van der Waals surface area contributed by atoms with E-state index in [1.54, 1.807) is 12.2 Å². The van der Waals surface area contributed by atoms with Crippen LogP contribution < -0.4 is 4.90 Å². The Kier molecular flexibility index (Phi) is 3.12. The Morgan fingerprint density at radius 3 is 2.75 bits per heavy atom. The second-order valence-corrected chi connectivity index (χ2v) is 6.45. The molecule has 2 amide bonds. The number of carbonyl (C=O) groups excluding carboxylic acids is 2. The van der Waals surface area contributed by atoms with E-state index < -0.39 is 47.9 Å². The van der Waals surface area contributed by atoms with Crippen LogP contribution in [-0.2, 0) is 14.3 Å². The number of ether oxygens (including phenoxy) is 1. The number of halogens is 1. The highest BCUT2D eigenvalue weighted by atomic mass is 35.5. The zero-order valence-corrected chi connectivity index (χ0v) is 12.9. The summed E-state index contributed by atoms with van der Waals surface area (Å²) < 4.78 is 5.64. The van der Waals surface area contributed by atoms with E-state index in [0.717, 1.165) is 4.90 Å². The van der Waals surface area contributed by atoms with E-state index in [2.05, 4.69) is 0 Å². The Bertz CT molecular complexity index is 821. The van der Waals surface area contributed by atoms with Crippen LogP contribution in [-0.4, -0.2) is 46.3 Å². The van der Waals surface area contributed by atoms with E-state index in [4.69, 9.17) is 21.4 Å². The average Bonchev–Trinajstić information content (AvgIpc) is 3.19. The Hall–Kier alpha value is -2.22. The molecule has 2 saturated heterocycles. The van der Waals surface area contributed by atoms with Gasteiger partial charge in [-0.3, -0.25) is 9.59 Å². The van der Waals surface area contributed by atoms with Crippen molar-refractivity contribution in [3.05, 3.63) is 40.9 Å². The lowest BCUT2D eigenvalue weighted by atomic mass is 9.77. The van der Waals surface area contributed by atoms with E-state index >= 15 is 0 Å². The number of anilines is 1. The highest BCUT2D eigenvalue weighted by Gasteiger charge is 2.67. The number of rotatable bonds is 3. The molecule has 24 heavy (non-hydrogen) atoms. The summed E-state index contributed by atoms with van der Waals surface area (Å²) in [7, 11) is 0. The summed E-state index contributed by atoms with van der Waals surface area (Å²) in [5, 5.41) is 18.8. The lowest BCUT2D eigenvalue weighted by Gasteiger charge is -2.26. The first-order valence-electron chi connectivity index (χ1n) is 7.28. The molecule has 0 aliphatic carbocycles. The van der Waals surface area contributed by atoms with Gasteiger partial charge in [-0.25, -0.2) is 9.69 Å². The maximum atomic E-state index is 12.8. The maximum absolute atomic E-state index is 12.8. The lowest BCUT2D eigenvalue weighted by molar-refractivity contribution is -0.128. The lowest BCUT2D eigenvalue weighted by Crippen LogP contribution is -2.43. The van der Waals surface area contributed by atoms with Crippen LogP contribution in [0.4, 0.5) is 5.69 Å². The highest BCUT2D eigenvalue weighted by Crippen LogP contribution is 2.52. The molecule has 7 nitrogen and oxygen atoms in total. The predicted octanol–water partition coefficient (Wildman–Crippen LogP) is 0.843. The number of fused-ring (bicyclic) bond motifs is 5. The van der Waals surface area contributed by atoms with Gasteiger partial charge in [-0.2, -0.15) is 0 Å². The molecule has 2 fully saturated rings. The van der Waals surface area contributed by atoms with Gasteiger partial charge in [0.15, 0.2) is 0 Å². The molecule has 0 saturated carbocycles. The summed E-state index contributed by atoms with van der Waals surface area (Å²) in [6.07, 6.45) is 2.74. The molecular weight excluding hydrogens is 338 g/mol. The normalized spacial score (nSPS) is 33.4. The first kappa shape index (κ1) is 15.3. The first-order valence-corrected chi connectivity index (χ1v) is 7.66. The Morgan fingerprint density at radius 1 is 1.33 bits per heavy atom. The molecule has 1 aromatic rings. The third-order valence-corrected chi connectivity index (χ3v) is 5.17. The van der Waals surface area contributed by atoms with E-state index in [-0.39, 0.29) is 16.3 Å². The van der Waals surface area contributed by atoms with Crippen molar-refractivity contribution in [2.75, 3.05) is 11.5 Å². The zero-order valence-electron chi connectivity index (χ0n) is 12.2. The number of imide groups is 1. The van der Waals surface area contributed by atoms with Gasteiger partial charge < -0.3 is 14.9 Å². The van der Waals surface area contributed by atoms with Gasteiger partial charge in [0.25, 0.3) is 0 Å². The fraction of sp³-hybridized carbons (Fsp3) is 0.312. The van der Waals surface area contributed by atoms with Gasteiger partial charge >= 0.3 is 5.97 Å². The van der Waals surface area contributed by atoms with Crippen molar-refractivity contribution < 1.29 is 29.3 Å². The van der Waals surface area contributed by atoms with Crippen LogP contribution in [0.25, 0.3) is 0 Å². The quantitative estimate of drug-likeness (QED) is 0.619. The summed E-state index contributed by atoms with van der Waals surface area (Å²) in [6, 6.07) is 3.96. The number of aromatic carboxylic acids is 1. The molecule has 2 bridgehead atoms. The van der Waals surface area contributed by atoms with Gasteiger partial charge in [0.1, 0.15) is 5.60 Å². The summed E-state index contributed by atoms with van der Waals surface area (Å²) in [5.41, 5.74) is -1.23. The zero-order chi connectivity index (χ0) is 17.2. The molecule has 1 aromatic carbocycles. The standard InChI is InChI=1S/C16H12ClNO6/c17-9-2-1-7(5-8(9)15(22)23)18-13(20)11-10-3-4-16(6-19,24-10)12(11)14(18)21/h1-5,10-12,19H,6H2,(H,22,23)/t10-,11+,12-,16+/m1/s1. The third-order valence-electron chi connectivity index (χ3n) is 4.84. The number of benzene rings is 1. The van der Waals surface area contributed by atoms with Gasteiger partial charge in [0.2, 0.25) is 11.8 Å². The van der Waals surface area contributed by atoms with Gasteiger partial charge in [0.05, 0.1) is 40.8 Å². The number of aliphatic hydroxyl groups is 1. The number of aliphatic hydroxyl groups excluding tert-OH is 1.